The van der Waals surface area contributed by atoms with Crippen LogP contribution in [0.3, 0.4) is 0 Å². The fourth-order valence-corrected chi connectivity index (χ4v) is 2.03. The summed E-state index contributed by atoms with van der Waals surface area (Å²) < 4.78 is 10.1. The van der Waals surface area contributed by atoms with E-state index < -0.39 is 5.97 Å². The summed E-state index contributed by atoms with van der Waals surface area (Å²) >= 11 is 5.89. The van der Waals surface area contributed by atoms with Gasteiger partial charge in [0.1, 0.15) is 11.3 Å². The molecule has 22 heavy (non-hydrogen) atoms. The summed E-state index contributed by atoms with van der Waals surface area (Å²) in [4.78, 5) is 23.8. The number of halogens is 1. The number of hydrogen-bond donors (Lipinski definition) is 2. The van der Waals surface area contributed by atoms with Crippen molar-refractivity contribution >= 4 is 29.2 Å². The second-order valence-electron chi connectivity index (χ2n) is 4.73. The van der Waals surface area contributed by atoms with Crippen LogP contribution in [-0.4, -0.2) is 31.6 Å². The third kappa shape index (κ3) is 4.80. The number of anilines is 1. The van der Waals surface area contributed by atoms with Gasteiger partial charge in [-0.15, -0.1) is 0 Å². The molecule has 122 valence electrons. The molecule has 0 heterocycles. The van der Waals surface area contributed by atoms with Gasteiger partial charge in [-0.25, -0.2) is 4.79 Å². The van der Waals surface area contributed by atoms with E-state index in [1.54, 1.807) is 0 Å². The average Bonchev–Trinajstić information content (AvgIpc) is 2.52. The second-order valence-corrected chi connectivity index (χ2v) is 5.14. The van der Waals surface area contributed by atoms with Crippen molar-refractivity contribution in [3.63, 3.8) is 0 Å². The van der Waals surface area contributed by atoms with Gasteiger partial charge in [0, 0.05) is 12.1 Å². The molecule has 7 heteroatoms. The van der Waals surface area contributed by atoms with Gasteiger partial charge in [0.05, 0.1) is 17.8 Å². The lowest BCUT2D eigenvalue weighted by atomic mass is 10.2. The predicted molar refractivity (Wildman–Crippen MR) is 85.2 cm³/mol. The summed E-state index contributed by atoms with van der Waals surface area (Å²) in [6, 6.07) is 2.87. The van der Waals surface area contributed by atoms with Crippen molar-refractivity contribution in [1.29, 1.82) is 0 Å². The Kier molecular flexibility index (Phi) is 6.98. The van der Waals surface area contributed by atoms with Crippen molar-refractivity contribution in [3.8, 4) is 5.75 Å². The van der Waals surface area contributed by atoms with Gasteiger partial charge >= 0.3 is 5.97 Å². The standard InChI is InChI=1S/C15H21ClN2O4/c1-4-9(5-2)18-14(19)8-22-15(20)10-6-11(16)12(17)7-13(10)21-3/h6-7,9H,4-5,8,17H2,1-3H3,(H,18,19). The number of ether oxygens (including phenoxy) is 2. The normalized spacial score (nSPS) is 10.4. The number of carbonyl (C=O) groups is 2. The third-order valence-electron chi connectivity index (χ3n) is 3.22. The van der Waals surface area contributed by atoms with Gasteiger partial charge in [0.2, 0.25) is 0 Å². The zero-order valence-corrected chi connectivity index (χ0v) is 13.7. The lowest BCUT2D eigenvalue weighted by Crippen LogP contribution is -2.36. The van der Waals surface area contributed by atoms with E-state index in [1.807, 2.05) is 13.8 Å². The van der Waals surface area contributed by atoms with Crippen molar-refractivity contribution in [2.24, 2.45) is 0 Å². The fraction of sp³-hybridized carbons (Fsp3) is 0.467. The first-order valence-electron chi connectivity index (χ1n) is 7.02. The second kappa shape index (κ2) is 8.48. The molecule has 0 saturated carbocycles. The van der Waals surface area contributed by atoms with Crippen molar-refractivity contribution < 1.29 is 19.1 Å². The van der Waals surface area contributed by atoms with Crippen LogP contribution in [0, 0.1) is 0 Å². The summed E-state index contributed by atoms with van der Waals surface area (Å²) in [7, 11) is 1.40. The fourth-order valence-electron chi connectivity index (χ4n) is 1.87. The van der Waals surface area contributed by atoms with Gasteiger partial charge in [-0.3, -0.25) is 4.79 Å². The van der Waals surface area contributed by atoms with Gasteiger partial charge < -0.3 is 20.5 Å². The molecule has 3 N–H and O–H groups in total. The van der Waals surface area contributed by atoms with E-state index >= 15 is 0 Å². The van der Waals surface area contributed by atoms with Gasteiger partial charge in [-0.05, 0) is 18.9 Å². The van der Waals surface area contributed by atoms with Crippen LogP contribution in [0.2, 0.25) is 5.02 Å². The maximum absolute atomic E-state index is 12.0. The Morgan fingerprint density at radius 2 is 1.95 bits per heavy atom. The van der Waals surface area contributed by atoms with Crippen LogP contribution in [0.4, 0.5) is 5.69 Å². The van der Waals surface area contributed by atoms with Crippen LogP contribution < -0.4 is 15.8 Å². The highest BCUT2D eigenvalue weighted by Crippen LogP contribution is 2.29. The van der Waals surface area contributed by atoms with Crippen molar-refractivity contribution in [3.05, 3.63) is 22.7 Å². The maximum atomic E-state index is 12.0. The number of benzene rings is 1. The van der Waals surface area contributed by atoms with E-state index in [9.17, 15) is 9.59 Å². The highest BCUT2D eigenvalue weighted by atomic mass is 35.5. The molecule has 0 aromatic heterocycles. The first-order valence-corrected chi connectivity index (χ1v) is 7.40. The molecule has 1 aromatic rings. The molecule has 0 atom stereocenters. The predicted octanol–water partition coefficient (Wildman–Crippen LogP) is 2.39. The van der Waals surface area contributed by atoms with Gasteiger partial charge in [-0.2, -0.15) is 0 Å². The molecule has 1 rings (SSSR count). The Hall–Kier alpha value is -1.95. The number of esters is 1. The summed E-state index contributed by atoms with van der Waals surface area (Å²) in [6.07, 6.45) is 1.63. The Morgan fingerprint density at radius 1 is 1.32 bits per heavy atom. The molecule has 0 bridgehead atoms. The molecule has 0 aliphatic rings. The van der Waals surface area contributed by atoms with Crippen molar-refractivity contribution in [2.45, 2.75) is 32.7 Å². The molecule has 0 spiro atoms. The molecule has 1 aromatic carbocycles. The summed E-state index contributed by atoms with van der Waals surface area (Å²) in [5.74, 6) is -0.798. The summed E-state index contributed by atoms with van der Waals surface area (Å²) in [5, 5.41) is 3.00. The summed E-state index contributed by atoms with van der Waals surface area (Å²) in [5.41, 5.74) is 6.06. The van der Waals surface area contributed by atoms with E-state index in [0.29, 0.717) is 5.69 Å². The number of hydrogen-bond acceptors (Lipinski definition) is 5. The largest absolute Gasteiger partial charge is 0.496 e. The highest BCUT2D eigenvalue weighted by molar-refractivity contribution is 6.33. The van der Waals surface area contributed by atoms with Crippen LogP contribution in [0.15, 0.2) is 12.1 Å². The molecule has 0 unspecified atom stereocenters. The van der Waals surface area contributed by atoms with E-state index in [4.69, 9.17) is 26.8 Å². The number of nitrogens with one attached hydrogen (secondary N) is 1. The number of amides is 1. The van der Waals surface area contributed by atoms with Crippen LogP contribution >= 0.6 is 11.6 Å². The minimum absolute atomic E-state index is 0.0757. The van der Waals surface area contributed by atoms with Crippen LogP contribution in [0.1, 0.15) is 37.0 Å². The number of rotatable bonds is 7. The van der Waals surface area contributed by atoms with Gasteiger partial charge in [-0.1, -0.05) is 25.4 Å². The van der Waals surface area contributed by atoms with E-state index in [-0.39, 0.29) is 34.9 Å². The topological polar surface area (TPSA) is 90.7 Å². The van der Waals surface area contributed by atoms with Crippen molar-refractivity contribution in [2.75, 3.05) is 19.5 Å². The van der Waals surface area contributed by atoms with Crippen molar-refractivity contribution in [1.82, 2.24) is 5.32 Å². The molecule has 1 amide bonds. The zero-order valence-electron chi connectivity index (χ0n) is 12.9. The Morgan fingerprint density at radius 3 is 2.50 bits per heavy atom. The Labute approximate surface area is 134 Å². The quantitative estimate of drug-likeness (QED) is 0.592. The number of methoxy groups -OCH3 is 1. The summed E-state index contributed by atoms with van der Waals surface area (Å²) in [6.45, 7) is 3.59. The molecule has 0 aliphatic heterocycles. The monoisotopic (exact) mass is 328 g/mol. The molecular formula is C15H21ClN2O4. The van der Waals surface area contributed by atoms with Gasteiger partial charge in [0.15, 0.2) is 6.61 Å². The zero-order chi connectivity index (χ0) is 16.7. The minimum Gasteiger partial charge on any atom is -0.496 e. The number of nitrogens with two attached hydrogens (primary N) is 1. The molecule has 0 aliphatic carbocycles. The molecule has 0 fully saturated rings. The minimum atomic E-state index is -0.696. The molecular weight excluding hydrogens is 308 g/mol. The maximum Gasteiger partial charge on any atom is 0.342 e. The van der Waals surface area contributed by atoms with E-state index in [1.165, 1.54) is 19.2 Å². The van der Waals surface area contributed by atoms with Crippen LogP contribution in [0.25, 0.3) is 0 Å². The lowest BCUT2D eigenvalue weighted by molar-refractivity contribution is -0.125. The first kappa shape index (κ1) is 18.1. The Bertz CT molecular complexity index is 545. The SMILES string of the molecule is CCC(CC)NC(=O)COC(=O)c1cc(Cl)c(N)cc1OC. The Balaban J connectivity index is 2.70. The van der Waals surface area contributed by atoms with Crippen LogP contribution in [-0.2, 0) is 9.53 Å². The van der Waals surface area contributed by atoms with Gasteiger partial charge in [0.25, 0.3) is 5.91 Å². The molecule has 0 saturated heterocycles. The lowest BCUT2D eigenvalue weighted by Gasteiger charge is -2.15. The number of nitrogen functional groups attached to an aromatic ring is 1. The smallest absolute Gasteiger partial charge is 0.342 e. The molecule has 0 radical (unpaired) electrons. The molecule has 6 nitrogen and oxygen atoms in total. The average molecular weight is 329 g/mol. The number of carbonyl (C=O) groups excluding carboxylic acids is 2. The van der Waals surface area contributed by atoms with E-state index in [2.05, 4.69) is 5.32 Å². The first-order chi connectivity index (χ1) is 10.4. The highest BCUT2D eigenvalue weighted by Gasteiger charge is 2.18. The van der Waals surface area contributed by atoms with E-state index in [0.717, 1.165) is 12.8 Å². The third-order valence-corrected chi connectivity index (χ3v) is 3.55. The van der Waals surface area contributed by atoms with Crippen LogP contribution in [0.5, 0.6) is 5.75 Å².